The van der Waals surface area contributed by atoms with Crippen LogP contribution in [-0.4, -0.2) is 30.5 Å². The maximum Gasteiger partial charge on any atom is 0.136 e. The molecule has 0 bridgehead atoms. The van der Waals surface area contributed by atoms with Crippen molar-refractivity contribution in [2.45, 2.75) is 19.8 Å². The smallest absolute Gasteiger partial charge is 0.136 e. The third kappa shape index (κ3) is 3.42. The normalized spacial score (nSPS) is 10.8. The van der Waals surface area contributed by atoms with Crippen LogP contribution in [0.5, 0.6) is 5.75 Å². The van der Waals surface area contributed by atoms with Crippen molar-refractivity contribution < 1.29 is 4.74 Å². The van der Waals surface area contributed by atoms with Crippen molar-refractivity contribution in [1.82, 2.24) is 4.98 Å². The molecule has 0 unspecified atom stereocenters. The molecule has 2 rings (SSSR count). The molecule has 0 atom stereocenters. The minimum atomic E-state index is 0.884. The van der Waals surface area contributed by atoms with Crippen molar-refractivity contribution in [2.24, 2.45) is 0 Å². The first kappa shape index (κ1) is 15.1. The maximum atomic E-state index is 5.29. The van der Waals surface area contributed by atoms with Crippen LogP contribution in [-0.2, 0) is 0 Å². The number of aromatic nitrogens is 1. The van der Waals surface area contributed by atoms with Gasteiger partial charge in [0.05, 0.1) is 7.11 Å². The third-order valence-corrected chi connectivity index (χ3v) is 3.74. The number of rotatable bonds is 7. The number of hydrogen-bond acceptors (Lipinski definition) is 3. The molecule has 0 aliphatic carbocycles. The lowest BCUT2D eigenvalue weighted by Crippen LogP contribution is -2.27. The SMILES string of the molecule is CCCCN(CCBr)c1nccc2cc(OC)ccc12. The highest BCUT2D eigenvalue weighted by Crippen LogP contribution is 2.28. The number of methoxy groups -OCH3 is 1. The van der Waals surface area contributed by atoms with Crippen molar-refractivity contribution in [1.29, 1.82) is 0 Å². The van der Waals surface area contributed by atoms with E-state index < -0.39 is 0 Å². The average Bonchev–Trinajstić information content (AvgIpc) is 2.50. The monoisotopic (exact) mass is 336 g/mol. The van der Waals surface area contributed by atoms with Crippen molar-refractivity contribution >= 4 is 32.5 Å². The predicted octanol–water partition coefficient (Wildman–Crippen LogP) is 4.24. The third-order valence-electron chi connectivity index (χ3n) is 3.39. The number of ether oxygens (including phenoxy) is 1. The first-order valence-corrected chi connectivity index (χ1v) is 8.16. The van der Waals surface area contributed by atoms with Crippen LogP contribution >= 0.6 is 15.9 Å². The summed E-state index contributed by atoms with van der Waals surface area (Å²) in [6.45, 7) is 4.23. The number of unbranched alkanes of at least 4 members (excludes halogenated alkanes) is 1. The van der Waals surface area contributed by atoms with Gasteiger partial charge in [0.15, 0.2) is 0 Å². The standard InChI is InChI=1S/C16H21BrN2O/c1-3-4-10-19(11-8-17)16-15-6-5-14(20-2)12-13(15)7-9-18-16/h5-7,9,12H,3-4,8,10-11H2,1-2H3. The number of hydrogen-bond donors (Lipinski definition) is 0. The van der Waals surface area contributed by atoms with Crippen molar-refractivity contribution in [2.75, 3.05) is 30.4 Å². The summed E-state index contributed by atoms with van der Waals surface area (Å²) in [5.41, 5.74) is 0. The second-order valence-corrected chi connectivity index (χ2v) is 5.54. The van der Waals surface area contributed by atoms with Gasteiger partial charge in [0.2, 0.25) is 0 Å². The van der Waals surface area contributed by atoms with E-state index in [2.05, 4.69) is 44.9 Å². The highest BCUT2D eigenvalue weighted by molar-refractivity contribution is 9.09. The van der Waals surface area contributed by atoms with Crippen molar-refractivity contribution in [3.8, 4) is 5.75 Å². The Morgan fingerprint density at radius 1 is 1.25 bits per heavy atom. The average molecular weight is 337 g/mol. The van der Waals surface area contributed by atoms with Gasteiger partial charge in [0, 0.05) is 30.0 Å². The van der Waals surface area contributed by atoms with Gasteiger partial charge < -0.3 is 9.64 Å². The van der Waals surface area contributed by atoms with E-state index in [9.17, 15) is 0 Å². The second-order valence-electron chi connectivity index (χ2n) is 4.75. The molecule has 0 spiro atoms. The van der Waals surface area contributed by atoms with Crippen LogP contribution in [0.3, 0.4) is 0 Å². The van der Waals surface area contributed by atoms with Crippen LogP contribution in [0.25, 0.3) is 10.8 Å². The Morgan fingerprint density at radius 2 is 2.10 bits per heavy atom. The van der Waals surface area contributed by atoms with E-state index >= 15 is 0 Å². The fourth-order valence-electron chi connectivity index (χ4n) is 2.29. The van der Waals surface area contributed by atoms with Gasteiger partial charge in [-0.25, -0.2) is 4.98 Å². The van der Waals surface area contributed by atoms with Gasteiger partial charge >= 0.3 is 0 Å². The molecule has 0 aliphatic heterocycles. The van der Waals surface area contributed by atoms with Crippen LogP contribution in [0.1, 0.15) is 19.8 Å². The zero-order valence-electron chi connectivity index (χ0n) is 12.1. The van der Waals surface area contributed by atoms with E-state index in [-0.39, 0.29) is 0 Å². The fraction of sp³-hybridized carbons (Fsp3) is 0.438. The molecule has 0 N–H and O–H groups in total. The van der Waals surface area contributed by atoms with Gasteiger partial charge in [-0.1, -0.05) is 29.3 Å². The lowest BCUT2D eigenvalue weighted by molar-refractivity contribution is 0.415. The van der Waals surface area contributed by atoms with Gasteiger partial charge in [-0.3, -0.25) is 0 Å². The van der Waals surface area contributed by atoms with Crippen LogP contribution in [0, 0.1) is 0 Å². The van der Waals surface area contributed by atoms with Crippen molar-refractivity contribution in [3.05, 3.63) is 30.5 Å². The number of halogens is 1. The number of nitrogens with zero attached hydrogens (tertiary/aromatic N) is 2. The minimum absolute atomic E-state index is 0.884. The highest BCUT2D eigenvalue weighted by Gasteiger charge is 2.11. The van der Waals surface area contributed by atoms with E-state index in [1.165, 1.54) is 23.6 Å². The molecule has 2 aromatic rings. The first-order valence-electron chi connectivity index (χ1n) is 7.03. The first-order chi connectivity index (χ1) is 9.80. The summed E-state index contributed by atoms with van der Waals surface area (Å²) in [6, 6.07) is 8.20. The Kier molecular flexibility index (Phi) is 5.65. The Balaban J connectivity index is 2.40. The predicted molar refractivity (Wildman–Crippen MR) is 89.2 cm³/mol. The van der Waals surface area contributed by atoms with E-state index in [4.69, 9.17) is 4.74 Å². The zero-order chi connectivity index (χ0) is 14.4. The molecule has 1 aromatic heterocycles. The summed E-state index contributed by atoms with van der Waals surface area (Å²) >= 11 is 3.54. The molecule has 3 nitrogen and oxygen atoms in total. The summed E-state index contributed by atoms with van der Waals surface area (Å²) in [6.07, 6.45) is 4.25. The molecular weight excluding hydrogens is 316 g/mol. The van der Waals surface area contributed by atoms with Gasteiger partial charge in [0.25, 0.3) is 0 Å². The lowest BCUT2D eigenvalue weighted by Gasteiger charge is -2.24. The number of pyridine rings is 1. The molecule has 1 aromatic carbocycles. The number of fused-ring (bicyclic) bond motifs is 1. The zero-order valence-corrected chi connectivity index (χ0v) is 13.7. The Labute approximate surface area is 129 Å². The minimum Gasteiger partial charge on any atom is -0.497 e. The molecule has 1 heterocycles. The van der Waals surface area contributed by atoms with Gasteiger partial charge in [-0.2, -0.15) is 0 Å². The van der Waals surface area contributed by atoms with E-state index in [0.717, 1.165) is 30.0 Å². The summed E-state index contributed by atoms with van der Waals surface area (Å²) in [7, 11) is 1.70. The summed E-state index contributed by atoms with van der Waals surface area (Å²) in [4.78, 5) is 6.95. The number of benzene rings is 1. The maximum absolute atomic E-state index is 5.29. The number of anilines is 1. The molecule has 0 amide bonds. The van der Waals surface area contributed by atoms with Crippen LogP contribution < -0.4 is 9.64 Å². The Bertz CT molecular complexity index is 559. The molecule has 0 saturated carbocycles. The van der Waals surface area contributed by atoms with Crippen LogP contribution in [0.2, 0.25) is 0 Å². The fourth-order valence-corrected chi connectivity index (χ4v) is 2.72. The largest absolute Gasteiger partial charge is 0.497 e. The molecule has 0 radical (unpaired) electrons. The summed E-state index contributed by atoms with van der Waals surface area (Å²) < 4.78 is 5.29. The molecular formula is C16H21BrN2O. The van der Waals surface area contributed by atoms with E-state index in [1.807, 2.05) is 18.3 Å². The molecule has 0 aliphatic rings. The quantitative estimate of drug-likeness (QED) is 0.707. The molecule has 4 heteroatoms. The highest BCUT2D eigenvalue weighted by atomic mass is 79.9. The molecule has 0 saturated heterocycles. The lowest BCUT2D eigenvalue weighted by atomic mass is 10.1. The Morgan fingerprint density at radius 3 is 2.80 bits per heavy atom. The van der Waals surface area contributed by atoms with Gasteiger partial charge in [0.1, 0.15) is 11.6 Å². The Hall–Kier alpha value is -1.29. The number of alkyl halides is 1. The van der Waals surface area contributed by atoms with Crippen LogP contribution in [0.15, 0.2) is 30.5 Å². The second kappa shape index (κ2) is 7.48. The summed E-state index contributed by atoms with van der Waals surface area (Å²) in [5.74, 6) is 1.95. The molecule has 108 valence electrons. The van der Waals surface area contributed by atoms with Gasteiger partial charge in [-0.15, -0.1) is 0 Å². The molecule has 0 fully saturated rings. The summed E-state index contributed by atoms with van der Waals surface area (Å²) in [5, 5.41) is 3.31. The van der Waals surface area contributed by atoms with Crippen LogP contribution in [0.4, 0.5) is 5.82 Å². The van der Waals surface area contributed by atoms with E-state index in [1.54, 1.807) is 7.11 Å². The molecule has 20 heavy (non-hydrogen) atoms. The van der Waals surface area contributed by atoms with Gasteiger partial charge in [-0.05, 0) is 36.1 Å². The topological polar surface area (TPSA) is 25.4 Å². The van der Waals surface area contributed by atoms with Crippen molar-refractivity contribution in [3.63, 3.8) is 0 Å². The van der Waals surface area contributed by atoms with E-state index in [0.29, 0.717) is 0 Å².